The lowest BCUT2D eigenvalue weighted by atomic mass is 10.1. The maximum Gasteiger partial charge on any atom is 0.335 e. The van der Waals surface area contributed by atoms with Crippen LogP contribution in [0.2, 0.25) is 0 Å². The average Bonchev–Trinajstić information content (AvgIpc) is 3.29. The quantitative estimate of drug-likeness (QED) is 0.492. The molecule has 2 aromatic heterocycles. The van der Waals surface area contributed by atoms with E-state index in [0.717, 1.165) is 41.8 Å². The highest BCUT2D eigenvalue weighted by Gasteiger charge is 2.23. The molecule has 0 aliphatic heterocycles. The van der Waals surface area contributed by atoms with Crippen LogP contribution in [0.5, 0.6) is 0 Å². The highest BCUT2D eigenvalue weighted by molar-refractivity contribution is 7.71. The maximum absolute atomic E-state index is 10.9. The number of aromatic amines is 2. The molecule has 8 nitrogen and oxygen atoms in total. The zero-order valence-corrected chi connectivity index (χ0v) is 13.9. The fraction of sp³-hybridized carbons (Fsp3) is 0.188. The van der Waals surface area contributed by atoms with E-state index < -0.39 is 5.97 Å². The lowest BCUT2D eigenvalue weighted by Gasteiger charge is -2.00. The summed E-state index contributed by atoms with van der Waals surface area (Å²) in [4.78, 5) is 10.9. The number of carbonyl (C=O) groups is 1. The van der Waals surface area contributed by atoms with Gasteiger partial charge in [-0.3, -0.25) is 5.10 Å². The van der Waals surface area contributed by atoms with Crippen molar-refractivity contribution < 1.29 is 9.90 Å². The number of hydrogen-bond acceptors (Lipinski definition) is 5. The molecule has 4 rings (SSSR count). The predicted octanol–water partition coefficient (Wildman–Crippen LogP) is 2.40. The second kappa shape index (κ2) is 6.10. The predicted molar refractivity (Wildman–Crippen MR) is 93.4 cm³/mol. The van der Waals surface area contributed by atoms with Gasteiger partial charge in [0.15, 0.2) is 0 Å². The molecular formula is C16H14N6O2S. The Kier molecular flexibility index (Phi) is 3.77. The molecule has 9 heteroatoms. The number of carboxylic acids is 1. The van der Waals surface area contributed by atoms with Gasteiger partial charge in [-0.05, 0) is 49.2 Å². The molecule has 0 spiro atoms. The number of H-pyrrole nitrogens is 2. The summed E-state index contributed by atoms with van der Waals surface area (Å²) in [6, 6.07) is 6.42. The zero-order valence-electron chi connectivity index (χ0n) is 13.1. The highest BCUT2D eigenvalue weighted by Crippen LogP contribution is 2.29. The molecule has 3 N–H and O–H groups in total. The molecule has 0 saturated carbocycles. The second-order valence-electron chi connectivity index (χ2n) is 5.72. The minimum Gasteiger partial charge on any atom is -0.478 e. The Bertz CT molecular complexity index is 1030. The van der Waals surface area contributed by atoms with Crippen molar-refractivity contribution in [3.8, 4) is 11.5 Å². The van der Waals surface area contributed by atoms with Crippen molar-refractivity contribution in [2.24, 2.45) is 5.10 Å². The normalized spacial score (nSPS) is 13.4. The van der Waals surface area contributed by atoms with Crippen LogP contribution in [0, 0.1) is 4.77 Å². The van der Waals surface area contributed by atoms with Crippen molar-refractivity contribution >= 4 is 24.4 Å². The standard InChI is InChI=1S/C16H14N6O2S/c23-15(24)10-6-4-9(5-7-10)8-17-22-14(20-21-16(22)25)13-11-2-1-3-12(11)18-19-13/h4-8H,1-3H2,(H,18,19)(H,21,25)(H,23,24). The molecule has 0 bridgehead atoms. The Morgan fingerprint density at radius 1 is 1.24 bits per heavy atom. The van der Waals surface area contributed by atoms with Crippen LogP contribution >= 0.6 is 12.2 Å². The first-order valence-corrected chi connectivity index (χ1v) is 8.16. The van der Waals surface area contributed by atoms with Gasteiger partial charge in [-0.25, -0.2) is 9.89 Å². The number of nitrogens with zero attached hydrogens (tertiary/aromatic N) is 4. The third-order valence-electron chi connectivity index (χ3n) is 4.15. The van der Waals surface area contributed by atoms with E-state index in [-0.39, 0.29) is 5.56 Å². The van der Waals surface area contributed by atoms with Crippen LogP contribution < -0.4 is 0 Å². The fourth-order valence-electron chi connectivity index (χ4n) is 2.89. The molecule has 1 aliphatic rings. The number of benzene rings is 1. The first kappa shape index (κ1) is 15.5. The number of nitrogens with one attached hydrogen (secondary N) is 2. The number of rotatable bonds is 4. The van der Waals surface area contributed by atoms with Crippen LogP contribution in [0.1, 0.15) is 33.6 Å². The molecule has 0 amide bonds. The number of fused-ring (bicyclic) bond motifs is 1. The maximum atomic E-state index is 10.9. The van der Waals surface area contributed by atoms with E-state index in [2.05, 4.69) is 25.5 Å². The summed E-state index contributed by atoms with van der Waals surface area (Å²) in [5, 5.41) is 27.7. The van der Waals surface area contributed by atoms with Crippen molar-refractivity contribution in [3.63, 3.8) is 0 Å². The van der Waals surface area contributed by atoms with E-state index in [0.29, 0.717) is 10.6 Å². The Morgan fingerprint density at radius 2 is 2.04 bits per heavy atom. The lowest BCUT2D eigenvalue weighted by molar-refractivity contribution is 0.0697. The average molecular weight is 354 g/mol. The summed E-state index contributed by atoms with van der Waals surface area (Å²) < 4.78 is 1.89. The van der Waals surface area contributed by atoms with Gasteiger partial charge < -0.3 is 5.11 Å². The van der Waals surface area contributed by atoms with Crippen LogP contribution in [0.4, 0.5) is 0 Å². The fourth-order valence-corrected chi connectivity index (χ4v) is 3.07. The first-order valence-electron chi connectivity index (χ1n) is 7.75. The molecule has 1 aromatic carbocycles. The summed E-state index contributed by atoms with van der Waals surface area (Å²) in [7, 11) is 0. The van der Waals surface area contributed by atoms with E-state index >= 15 is 0 Å². The molecule has 0 saturated heterocycles. The van der Waals surface area contributed by atoms with Crippen molar-refractivity contribution in [2.75, 3.05) is 0 Å². The Morgan fingerprint density at radius 3 is 2.80 bits per heavy atom. The van der Waals surface area contributed by atoms with Crippen LogP contribution in [-0.4, -0.2) is 42.4 Å². The summed E-state index contributed by atoms with van der Waals surface area (Å²) >= 11 is 5.26. The van der Waals surface area contributed by atoms with Gasteiger partial charge in [0, 0.05) is 11.3 Å². The Balaban J connectivity index is 1.68. The molecule has 1 aliphatic carbocycles. The molecule has 3 aromatic rings. The van der Waals surface area contributed by atoms with E-state index in [1.165, 1.54) is 16.8 Å². The van der Waals surface area contributed by atoms with Crippen molar-refractivity contribution in [3.05, 3.63) is 51.4 Å². The summed E-state index contributed by atoms with van der Waals surface area (Å²) in [6.07, 6.45) is 4.65. The third kappa shape index (κ3) is 2.78. The third-order valence-corrected chi connectivity index (χ3v) is 4.41. The van der Waals surface area contributed by atoms with Gasteiger partial charge in [0.25, 0.3) is 0 Å². The van der Waals surface area contributed by atoms with Gasteiger partial charge in [-0.15, -0.1) is 0 Å². The molecule has 0 radical (unpaired) electrons. The number of aromatic nitrogens is 5. The van der Waals surface area contributed by atoms with Crippen molar-refractivity contribution in [2.45, 2.75) is 19.3 Å². The number of aryl methyl sites for hydroxylation is 1. The van der Waals surface area contributed by atoms with Crippen LogP contribution in [0.15, 0.2) is 29.4 Å². The molecule has 126 valence electrons. The molecule has 2 heterocycles. The topological polar surface area (TPSA) is 112 Å². The van der Waals surface area contributed by atoms with Gasteiger partial charge in [-0.2, -0.15) is 20.0 Å². The van der Waals surface area contributed by atoms with E-state index in [1.54, 1.807) is 18.3 Å². The van der Waals surface area contributed by atoms with E-state index in [1.807, 2.05) is 0 Å². The zero-order chi connectivity index (χ0) is 17.4. The van der Waals surface area contributed by atoms with Gasteiger partial charge in [0.05, 0.1) is 11.8 Å². The summed E-state index contributed by atoms with van der Waals surface area (Å²) in [6.45, 7) is 0. The summed E-state index contributed by atoms with van der Waals surface area (Å²) in [5.41, 5.74) is 4.05. The number of aromatic carboxylic acids is 1. The van der Waals surface area contributed by atoms with Gasteiger partial charge in [0.1, 0.15) is 5.69 Å². The van der Waals surface area contributed by atoms with E-state index in [4.69, 9.17) is 17.3 Å². The van der Waals surface area contributed by atoms with Crippen molar-refractivity contribution in [1.82, 2.24) is 25.1 Å². The van der Waals surface area contributed by atoms with Gasteiger partial charge >= 0.3 is 5.97 Å². The minimum atomic E-state index is -0.963. The van der Waals surface area contributed by atoms with Crippen molar-refractivity contribution in [1.29, 1.82) is 0 Å². The SMILES string of the molecule is O=C(O)c1ccc(C=Nn2c(-c3n[nH]c4c3CCC4)n[nH]c2=S)cc1. The van der Waals surface area contributed by atoms with E-state index in [9.17, 15) is 4.79 Å². The molecule has 25 heavy (non-hydrogen) atoms. The lowest BCUT2D eigenvalue weighted by Crippen LogP contribution is -1.98. The van der Waals surface area contributed by atoms with Crippen LogP contribution in [0.3, 0.4) is 0 Å². The summed E-state index contributed by atoms with van der Waals surface area (Å²) in [5.74, 6) is -0.405. The Labute approximate surface area is 147 Å². The van der Waals surface area contributed by atoms with Crippen LogP contribution in [0.25, 0.3) is 11.5 Å². The molecule has 0 fully saturated rings. The molecule has 0 atom stereocenters. The van der Waals surface area contributed by atoms with Crippen LogP contribution in [-0.2, 0) is 12.8 Å². The largest absolute Gasteiger partial charge is 0.478 e. The molecule has 0 unspecified atom stereocenters. The monoisotopic (exact) mass is 354 g/mol. The van der Waals surface area contributed by atoms with Gasteiger partial charge in [0.2, 0.25) is 10.6 Å². The Hall–Kier alpha value is -3.07. The molecular weight excluding hydrogens is 340 g/mol. The smallest absolute Gasteiger partial charge is 0.335 e. The van der Waals surface area contributed by atoms with Gasteiger partial charge in [-0.1, -0.05) is 12.1 Å². The second-order valence-corrected chi connectivity index (χ2v) is 6.11. The highest BCUT2D eigenvalue weighted by atomic mass is 32.1. The number of carboxylic acid groups (broad SMARTS) is 1. The minimum absolute atomic E-state index is 0.227. The number of hydrogen-bond donors (Lipinski definition) is 3. The first-order chi connectivity index (χ1) is 12.1.